The molecule has 2 nitrogen and oxygen atoms in total. The summed E-state index contributed by atoms with van der Waals surface area (Å²) < 4.78 is 6.13. The predicted octanol–water partition coefficient (Wildman–Crippen LogP) is 3.59. The Labute approximate surface area is 111 Å². The van der Waals surface area contributed by atoms with Gasteiger partial charge in [-0.1, -0.05) is 37.1 Å². The van der Waals surface area contributed by atoms with Crippen molar-refractivity contribution in [2.24, 2.45) is 11.7 Å². The Morgan fingerprint density at radius 2 is 1.94 bits per heavy atom. The highest BCUT2D eigenvalue weighted by atomic mass is 16.5. The summed E-state index contributed by atoms with van der Waals surface area (Å²) >= 11 is 0. The van der Waals surface area contributed by atoms with Crippen LogP contribution in [0.1, 0.15) is 49.8 Å². The molecule has 2 atom stereocenters. The molecule has 1 fully saturated rings. The molecule has 2 heteroatoms. The third-order valence-electron chi connectivity index (χ3n) is 3.96. The van der Waals surface area contributed by atoms with E-state index in [1.54, 1.807) is 0 Å². The minimum absolute atomic E-state index is 0.0341. The summed E-state index contributed by atoms with van der Waals surface area (Å²) in [5, 5.41) is 0. The van der Waals surface area contributed by atoms with Gasteiger partial charge < -0.3 is 10.5 Å². The maximum absolute atomic E-state index is 6.13. The number of benzene rings is 1. The first kappa shape index (κ1) is 13.6. The molecule has 100 valence electrons. The van der Waals surface area contributed by atoms with E-state index in [1.807, 2.05) is 6.92 Å². The lowest BCUT2D eigenvalue weighted by Gasteiger charge is -2.25. The largest absolute Gasteiger partial charge is 0.372 e. The third-order valence-corrected chi connectivity index (χ3v) is 3.96. The average molecular weight is 247 g/mol. The number of nitrogens with two attached hydrogens (primary N) is 1. The summed E-state index contributed by atoms with van der Waals surface area (Å²) in [7, 11) is 0. The van der Waals surface area contributed by atoms with Gasteiger partial charge in [-0.25, -0.2) is 0 Å². The van der Waals surface area contributed by atoms with E-state index in [2.05, 4.69) is 31.2 Å². The molecule has 0 heterocycles. The van der Waals surface area contributed by atoms with Gasteiger partial charge in [0.05, 0.1) is 12.7 Å². The molecule has 18 heavy (non-hydrogen) atoms. The van der Waals surface area contributed by atoms with Gasteiger partial charge in [-0.2, -0.15) is 0 Å². The molecule has 0 bridgehead atoms. The van der Waals surface area contributed by atoms with Gasteiger partial charge in [-0.3, -0.25) is 0 Å². The minimum atomic E-state index is 0.0341. The maximum Gasteiger partial charge on any atom is 0.0975 e. The summed E-state index contributed by atoms with van der Waals surface area (Å²) in [5.41, 5.74) is 8.61. The molecule has 1 aromatic carbocycles. The molecule has 0 saturated heterocycles. The van der Waals surface area contributed by atoms with Crippen molar-refractivity contribution in [3.63, 3.8) is 0 Å². The fourth-order valence-corrected chi connectivity index (χ4v) is 2.85. The van der Waals surface area contributed by atoms with Gasteiger partial charge in [-0.15, -0.1) is 0 Å². The van der Waals surface area contributed by atoms with Crippen molar-refractivity contribution in [3.8, 4) is 0 Å². The molecule has 0 radical (unpaired) electrons. The molecule has 0 aromatic heterocycles. The van der Waals surface area contributed by atoms with Crippen molar-refractivity contribution < 1.29 is 4.74 Å². The van der Waals surface area contributed by atoms with Crippen LogP contribution >= 0.6 is 0 Å². The fourth-order valence-electron chi connectivity index (χ4n) is 2.85. The van der Waals surface area contributed by atoms with E-state index in [4.69, 9.17) is 10.5 Å². The van der Waals surface area contributed by atoms with Crippen LogP contribution in [0.5, 0.6) is 0 Å². The van der Waals surface area contributed by atoms with Crippen molar-refractivity contribution in [2.75, 3.05) is 6.61 Å². The van der Waals surface area contributed by atoms with E-state index >= 15 is 0 Å². The van der Waals surface area contributed by atoms with Gasteiger partial charge >= 0.3 is 0 Å². The van der Waals surface area contributed by atoms with Crippen molar-refractivity contribution in [3.05, 3.63) is 35.4 Å². The highest BCUT2D eigenvalue weighted by Crippen LogP contribution is 2.29. The number of rotatable bonds is 5. The monoisotopic (exact) mass is 247 g/mol. The van der Waals surface area contributed by atoms with Crippen LogP contribution in [0.2, 0.25) is 0 Å². The lowest BCUT2D eigenvalue weighted by atomic mass is 9.99. The summed E-state index contributed by atoms with van der Waals surface area (Å²) in [6.45, 7) is 5.02. The lowest BCUT2D eigenvalue weighted by molar-refractivity contribution is 0.0165. The van der Waals surface area contributed by atoms with Crippen LogP contribution in [-0.2, 0) is 4.74 Å². The zero-order valence-corrected chi connectivity index (χ0v) is 11.6. The van der Waals surface area contributed by atoms with Gasteiger partial charge in [0.1, 0.15) is 0 Å². The topological polar surface area (TPSA) is 35.2 Å². The van der Waals surface area contributed by atoms with Gasteiger partial charge in [0.15, 0.2) is 0 Å². The summed E-state index contributed by atoms with van der Waals surface area (Å²) in [6, 6.07) is 8.43. The molecular weight excluding hydrogens is 222 g/mol. The normalized spacial score (nSPS) is 19.9. The van der Waals surface area contributed by atoms with Crippen molar-refractivity contribution in [2.45, 2.75) is 51.7 Å². The van der Waals surface area contributed by atoms with Crippen LogP contribution in [0.4, 0.5) is 0 Å². The van der Waals surface area contributed by atoms with Crippen LogP contribution in [0, 0.1) is 12.8 Å². The molecule has 1 saturated carbocycles. The zero-order valence-electron chi connectivity index (χ0n) is 11.6. The molecule has 2 N–H and O–H groups in total. The van der Waals surface area contributed by atoms with E-state index in [0.29, 0.717) is 0 Å². The van der Waals surface area contributed by atoms with E-state index in [0.717, 1.165) is 12.5 Å². The Kier molecular flexibility index (Phi) is 4.79. The first-order valence-electron chi connectivity index (χ1n) is 7.11. The molecule has 1 aliphatic rings. The van der Waals surface area contributed by atoms with Gasteiger partial charge in [0.2, 0.25) is 0 Å². The fraction of sp³-hybridized carbons (Fsp3) is 0.625. The Balaban J connectivity index is 2.01. The Morgan fingerprint density at radius 3 is 2.56 bits per heavy atom. The molecular formula is C16H25NO. The van der Waals surface area contributed by atoms with Gasteiger partial charge in [0, 0.05) is 6.04 Å². The van der Waals surface area contributed by atoms with Gasteiger partial charge in [-0.05, 0) is 43.7 Å². The second-order valence-electron chi connectivity index (χ2n) is 5.62. The summed E-state index contributed by atoms with van der Waals surface area (Å²) in [6.07, 6.45) is 5.40. The van der Waals surface area contributed by atoms with Crippen LogP contribution in [-0.4, -0.2) is 12.6 Å². The minimum Gasteiger partial charge on any atom is -0.372 e. The zero-order chi connectivity index (χ0) is 13.0. The molecule has 1 aliphatic carbocycles. The number of hydrogen-bond acceptors (Lipinski definition) is 2. The number of ether oxygens (including phenoxy) is 1. The Bertz CT molecular complexity index is 369. The van der Waals surface area contributed by atoms with Crippen LogP contribution in [0.25, 0.3) is 0 Å². The van der Waals surface area contributed by atoms with E-state index in [1.165, 1.54) is 36.8 Å². The highest BCUT2D eigenvalue weighted by molar-refractivity contribution is 5.28. The van der Waals surface area contributed by atoms with E-state index < -0.39 is 0 Å². The Morgan fingerprint density at radius 1 is 1.28 bits per heavy atom. The lowest BCUT2D eigenvalue weighted by Crippen LogP contribution is -2.28. The smallest absolute Gasteiger partial charge is 0.0975 e. The first-order valence-corrected chi connectivity index (χ1v) is 7.11. The van der Waals surface area contributed by atoms with Gasteiger partial charge in [0.25, 0.3) is 0 Å². The Hall–Kier alpha value is -0.860. The van der Waals surface area contributed by atoms with Crippen molar-refractivity contribution in [1.82, 2.24) is 0 Å². The quantitative estimate of drug-likeness (QED) is 0.863. The summed E-state index contributed by atoms with van der Waals surface area (Å²) in [4.78, 5) is 0. The maximum atomic E-state index is 6.13. The molecule has 0 amide bonds. The highest BCUT2D eigenvalue weighted by Gasteiger charge is 2.22. The SMILES string of the molecule is Cc1ccccc1C(OCC1CCCC1)C(C)N. The second-order valence-corrected chi connectivity index (χ2v) is 5.62. The molecule has 0 spiro atoms. The molecule has 2 rings (SSSR count). The van der Waals surface area contributed by atoms with Crippen LogP contribution < -0.4 is 5.73 Å². The van der Waals surface area contributed by atoms with Crippen molar-refractivity contribution >= 4 is 0 Å². The number of aryl methyl sites for hydroxylation is 1. The summed E-state index contributed by atoms with van der Waals surface area (Å²) in [5.74, 6) is 0.746. The van der Waals surface area contributed by atoms with Crippen LogP contribution in [0.3, 0.4) is 0 Å². The van der Waals surface area contributed by atoms with Crippen LogP contribution in [0.15, 0.2) is 24.3 Å². The standard InChI is InChI=1S/C16H25NO/c1-12-7-3-6-10-15(12)16(13(2)17)18-11-14-8-4-5-9-14/h3,6-7,10,13-14,16H,4-5,8-9,11,17H2,1-2H3. The molecule has 0 aliphatic heterocycles. The number of hydrogen-bond donors (Lipinski definition) is 1. The molecule has 1 aromatic rings. The predicted molar refractivity (Wildman–Crippen MR) is 75.5 cm³/mol. The average Bonchev–Trinajstić information content (AvgIpc) is 2.84. The second kappa shape index (κ2) is 6.35. The van der Waals surface area contributed by atoms with E-state index in [-0.39, 0.29) is 12.1 Å². The third kappa shape index (κ3) is 3.33. The molecule has 2 unspecified atom stereocenters. The van der Waals surface area contributed by atoms with E-state index in [9.17, 15) is 0 Å². The van der Waals surface area contributed by atoms with Crippen molar-refractivity contribution in [1.29, 1.82) is 0 Å². The first-order chi connectivity index (χ1) is 8.68.